The van der Waals surface area contributed by atoms with Gasteiger partial charge in [0, 0.05) is 0 Å². The van der Waals surface area contributed by atoms with Gasteiger partial charge in [-0.25, -0.2) is 0 Å². The molecule has 2 rings (SSSR count). The van der Waals surface area contributed by atoms with Gasteiger partial charge in [0.15, 0.2) is 0 Å². The molecule has 1 N–H and O–H groups in total. The Balaban J connectivity index is 2.07. The molecule has 1 fully saturated rings. The van der Waals surface area contributed by atoms with Crippen LogP contribution >= 0.6 is 0 Å². The Kier molecular flexibility index (Phi) is 3.49. The maximum atomic E-state index is 5.44. The quantitative estimate of drug-likeness (QED) is 0.840. The van der Waals surface area contributed by atoms with Gasteiger partial charge in [0.05, 0.1) is 7.11 Å². The van der Waals surface area contributed by atoms with Crippen LogP contribution in [0.5, 0.6) is 5.75 Å². The van der Waals surface area contributed by atoms with Gasteiger partial charge < -0.3 is 10.1 Å². The van der Waals surface area contributed by atoms with Crippen LogP contribution in [0.3, 0.4) is 0 Å². The Morgan fingerprint density at radius 3 is 2.75 bits per heavy atom. The summed E-state index contributed by atoms with van der Waals surface area (Å²) in [5.41, 5.74) is 2.72. The van der Waals surface area contributed by atoms with Crippen LogP contribution in [-0.2, 0) is 0 Å². The van der Waals surface area contributed by atoms with Crippen LogP contribution in [0.2, 0.25) is 0 Å². The summed E-state index contributed by atoms with van der Waals surface area (Å²) in [5.74, 6) is 2.60. The molecule has 0 spiro atoms. The third kappa shape index (κ3) is 2.22. The number of hydrogen-bond acceptors (Lipinski definition) is 2. The van der Waals surface area contributed by atoms with Crippen molar-refractivity contribution >= 4 is 0 Å². The largest absolute Gasteiger partial charge is 0.496 e. The maximum absolute atomic E-state index is 5.44. The van der Waals surface area contributed by atoms with Crippen molar-refractivity contribution in [3.8, 4) is 5.75 Å². The molecule has 2 heteroatoms. The molecule has 1 aromatic carbocycles. The molecular weight excluding hydrogens is 198 g/mol. The van der Waals surface area contributed by atoms with Crippen molar-refractivity contribution in [1.29, 1.82) is 0 Å². The van der Waals surface area contributed by atoms with E-state index in [4.69, 9.17) is 4.74 Å². The van der Waals surface area contributed by atoms with Gasteiger partial charge in [-0.2, -0.15) is 0 Å². The Morgan fingerprint density at radius 2 is 2.12 bits per heavy atom. The number of ether oxygens (including phenoxy) is 1. The molecule has 1 aromatic rings. The van der Waals surface area contributed by atoms with E-state index in [0.29, 0.717) is 5.92 Å². The van der Waals surface area contributed by atoms with E-state index in [2.05, 4.69) is 30.4 Å². The first kappa shape index (κ1) is 11.5. The summed E-state index contributed by atoms with van der Waals surface area (Å²) < 4.78 is 5.44. The van der Waals surface area contributed by atoms with Crippen LogP contribution in [0.1, 0.15) is 29.9 Å². The van der Waals surface area contributed by atoms with E-state index in [1.54, 1.807) is 7.11 Å². The molecule has 0 saturated heterocycles. The van der Waals surface area contributed by atoms with E-state index in [1.807, 2.05) is 7.05 Å². The second-order valence-corrected chi connectivity index (χ2v) is 4.84. The zero-order valence-electron chi connectivity index (χ0n) is 10.4. The minimum Gasteiger partial charge on any atom is -0.496 e. The van der Waals surface area contributed by atoms with Gasteiger partial charge in [-0.15, -0.1) is 0 Å². The zero-order chi connectivity index (χ0) is 11.5. The lowest BCUT2D eigenvalue weighted by molar-refractivity contribution is 0.253. The van der Waals surface area contributed by atoms with Gasteiger partial charge >= 0.3 is 0 Å². The molecule has 0 aromatic heterocycles. The molecule has 0 radical (unpaired) electrons. The smallest absolute Gasteiger partial charge is 0.122 e. The summed E-state index contributed by atoms with van der Waals surface area (Å²) in [4.78, 5) is 0. The lowest BCUT2D eigenvalue weighted by Crippen LogP contribution is -2.30. The molecule has 0 heterocycles. The van der Waals surface area contributed by atoms with Gasteiger partial charge in [-0.05, 0) is 56.8 Å². The predicted octanol–water partition coefficient (Wildman–Crippen LogP) is 2.72. The number of hydrogen-bond donors (Lipinski definition) is 1. The minimum absolute atomic E-state index is 0.702. The molecule has 0 atom stereocenters. The summed E-state index contributed by atoms with van der Waals surface area (Å²) in [6.07, 6.45) is 2.58. The van der Waals surface area contributed by atoms with Gasteiger partial charge in [0.2, 0.25) is 0 Å². The Bertz CT molecular complexity index is 356. The van der Waals surface area contributed by atoms with Crippen LogP contribution in [0.4, 0.5) is 0 Å². The molecule has 2 nitrogen and oxygen atoms in total. The summed E-state index contributed by atoms with van der Waals surface area (Å²) >= 11 is 0. The highest BCUT2D eigenvalue weighted by Gasteiger charge is 2.31. The molecule has 1 aliphatic carbocycles. The van der Waals surface area contributed by atoms with Crippen molar-refractivity contribution in [3.63, 3.8) is 0 Å². The Morgan fingerprint density at radius 1 is 1.38 bits per heavy atom. The summed E-state index contributed by atoms with van der Waals surface area (Å²) in [7, 11) is 3.79. The highest BCUT2D eigenvalue weighted by Crippen LogP contribution is 2.44. The van der Waals surface area contributed by atoms with Gasteiger partial charge in [-0.3, -0.25) is 0 Å². The van der Waals surface area contributed by atoms with E-state index < -0.39 is 0 Å². The third-order valence-corrected chi connectivity index (χ3v) is 3.55. The molecular formula is C14H21NO. The van der Waals surface area contributed by atoms with Crippen molar-refractivity contribution in [2.24, 2.45) is 5.92 Å². The highest BCUT2D eigenvalue weighted by atomic mass is 16.5. The van der Waals surface area contributed by atoms with Crippen LogP contribution in [0.25, 0.3) is 0 Å². The topological polar surface area (TPSA) is 21.3 Å². The van der Waals surface area contributed by atoms with Gasteiger partial charge in [-0.1, -0.05) is 17.7 Å². The van der Waals surface area contributed by atoms with Crippen LogP contribution in [0, 0.1) is 12.8 Å². The average molecular weight is 219 g/mol. The first-order valence-electron chi connectivity index (χ1n) is 6.03. The summed E-state index contributed by atoms with van der Waals surface area (Å²) in [6.45, 7) is 3.29. The second-order valence-electron chi connectivity index (χ2n) is 4.84. The molecule has 1 saturated carbocycles. The van der Waals surface area contributed by atoms with Crippen LogP contribution < -0.4 is 10.1 Å². The normalized spacial score (nSPS) is 23.9. The fourth-order valence-corrected chi connectivity index (χ4v) is 2.62. The van der Waals surface area contributed by atoms with Crippen molar-refractivity contribution in [3.05, 3.63) is 29.3 Å². The Labute approximate surface area is 98.0 Å². The zero-order valence-corrected chi connectivity index (χ0v) is 10.4. The predicted molar refractivity (Wildman–Crippen MR) is 67.1 cm³/mol. The third-order valence-electron chi connectivity index (χ3n) is 3.55. The maximum Gasteiger partial charge on any atom is 0.122 e. The number of methoxy groups -OCH3 is 1. The SMILES string of the molecule is CNCC1CC(c2cc(C)ccc2OC)C1. The van der Waals surface area contributed by atoms with Gasteiger partial charge in [0.25, 0.3) is 0 Å². The van der Waals surface area contributed by atoms with Crippen LogP contribution in [-0.4, -0.2) is 20.7 Å². The number of nitrogens with one attached hydrogen (secondary N) is 1. The first-order valence-corrected chi connectivity index (χ1v) is 6.03. The number of aryl methyl sites for hydroxylation is 1. The van der Waals surface area contributed by atoms with Gasteiger partial charge in [0.1, 0.15) is 5.75 Å². The second kappa shape index (κ2) is 4.88. The Hall–Kier alpha value is -1.02. The molecule has 16 heavy (non-hydrogen) atoms. The first-order chi connectivity index (χ1) is 7.74. The summed E-state index contributed by atoms with van der Waals surface area (Å²) in [5, 5.41) is 3.25. The fraction of sp³-hybridized carbons (Fsp3) is 0.571. The van der Waals surface area contributed by atoms with Crippen molar-refractivity contribution in [1.82, 2.24) is 5.32 Å². The van der Waals surface area contributed by atoms with E-state index in [1.165, 1.54) is 24.0 Å². The molecule has 1 aliphatic rings. The summed E-state index contributed by atoms with van der Waals surface area (Å²) in [6, 6.07) is 6.49. The lowest BCUT2D eigenvalue weighted by Gasteiger charge is -2.36. The van der Waals surface area contributed by atoms with E-state index >= 15 is 0 Å². The van der Waals surface area contributed by atoms with E-state index in [9.17, 15) is 0 Å². The lowest BCUT2D eigenvalue weighted by atomic mass is 9.71. The van der Waals surface area contributed by atoms with Crippen LogP contribution in [0.15, 0.2) is 18.2 Å². The molecule has 0 amide bonds. The standard InChI is InChI=1S/C14H21NO/c1-10-4-5-14(16-3)13(6-10)12-7-11(8-12)9-15-2/h4-6,11-12,15H,7-9H2,1-3H3. The van der Waals surface area contributed by atoms with Crippen molar-refractivity contribution < 1.29 is 4.74 Å². The highest BCUT2D eigenvalue weighted by molar-refractivity contribution is 5.40. The van der Waals surface area contributed by atoms with Crippen molar-refractivity contribution in [2.75, 3.05) is 20.7 Å². The van der Waals surface area contributed by atoms with E-state index in [0.717, 1.165) is 18.2 Å². The number of benzene rings is 1. The monoisotopic (exact) mass is 219 g/mol. The van der Waals surface area contributed by atoms with Crippen molar-refractivity contribution in [2.45, 2.75) is 25.7 Å². The molecule has 88 valence electrons. The molecule has 0 aliphatic heterocycles. The van der Waals surface area contributed by atoms with E-state index in [-0.39, 0.29) is 0 Å². The minimum atomic E-state index is 0.702. The average Bonchev–Trinajstić information content (AvgIpc) is 2.23. The number of rotatable bonds is 4. The fourth-order valence-electron chi connectivity index (χ4n) is 2.62. The molecule has 0 bridgehead atoms. The molecule has 0 unspecified atom stereocenters.